The Morgan fingerprint density at radius 3 is 2.46 bits per heavy atom. The van der Waals surface area contributed by atoms with Crippen LogP contribution in [0.1, 0.15) is 39.5 Å². The molecule has 78 valence electrons. The Labute approximate surface area is 106 Å². The Morgan fingerprint density at radius 2 is 1.92 bits per heavy atom. The zero-order valence-corrected chi connectivity index (χ0v) is 13.5. The SMILES string of the molecule is CCCCSC(=S)[N]([SbH2])CCCC. The van der Waals surface area contributed by atoms with Crippen molar-refractivity contribution in [1.29, 1.82) is 0 Å². The Morgan fingerprint density at radius 1 is 1.31 bits per heavy atom. The molecule has 0 radical (unpaired) electrons. The number of hydrogen-bond acceptors (Lipinski definition) is 2. The van der Waals surface area contributed by atoms with Gasteiger partial charge in [-0.2, -0.15) is 0 Å². The Kier molecular flexibility index (Phi) is 10.4. The molecule has 0 saturated heterocycles. The molecule has 1 nitrogen and oxygen atoms in total. The van der Waals surface area contributed by atoms with Gasteiger partial charge in [0, 0.05) is 0 Å². The van der Waals surface area contributed by atoms with Gasteiger partial charge in [0.25, 0.3) is 0 Å². The van der Waals surface area contributed by atoms with Crippen molar-refractivity contribution in [3.63, 3.8) is 0 Å². The first-order chi connectivity index (χ1) is 6.22. The molecule has 0 aromatic carbocycles. The van der Waals surface area contributed by atoms with Crippen LogP contribution >= 0.6 is 24.0 Å². The fourth-order valence-electron chi connectivity index (χ4n) is 0.806. The van der Waals surface area contributed by atoms with Crippen LogP contribution in [0.15, 0.2) is 0 Å². The number of thioether (sulfide) groups is 1. The molecule has 0 fully saturated rings. The molecular formula is C9H20NS2Sb. The molecule has 0 atom stereocenters. The van der Waals surface area contributed by atoms with Crippen molar-refractivity contribution in [2.24, 2.45) is 0 Å². The normalized spacial score (nSPS) is 10.1. The first-order valence-electron chi connectivity index (χ1n) is 4.91. The van der Waals surface area contributed by atoms with Crippen LogP contribution in [0.5, 0.6) is 0 Å². The van der Waals surface area contributed by atoms with Gasteiger partial charge in [-0.15, -0.1) is 0 Å². The summed E-state index contributed by atoms with van der Waals surface area (Å²) in [5, 5.41) is 0. The molecule has 0 aromatic rings. The van der Waals surface area contributed by atoms with Gasteiger partial charge in [0.05, 0.1) is 0 Å². The van der Waals surface area contributed by atoms with Crippen LogP contribution in [0, 0.1) is 0 Å². The number of thiocarbonyl (C=S) groups is 1. The summed E-state index contributed by atoms with van der Waals surface area (Å²) >= 11 is 8.32. The van der Waals surface area contributed by atoms with E-state index in [9.17, 15) is 0 Å². The van der Waals surface area contributed by atoms with Crippen LogP contribution in [0.4, 0.5) is 0 Å². The third kappa shape index (κ3) is 8.08. The van der Waals surface area contributed by atoms with E-state index in [1.54, 1.807) is 0 Å². The molecule has 0 unspecified atom stereocenters. The molecule has 0 aliphatic heterocycles. The molecule has 0 aliphatic rings. The number of rotatable bonds is 6. The van der Waals surface area contributed by atoms with Crippen molar-refractivity contribution < 1.29 is 0 Å². The fraction of sp³-hybridized carbons (Fsp3) is 0.889. The number of nitrogens with zero attached hydrogens (tertiary/aromatic N) is 1. The van der Waals surface area contributed by atoms with E-state index < -0.39 is 0 Å². The monoisotopic (exact) mass is 327 g/mol. The molecule has 0 N–H and O–H groups in total. The van der Waals surface area contributed by atoms with Gasteiger partial charge in [0.15, 0.2) is 0 Å². The van der Waals surface area contributed by atoms with Crippen molar-refractivity contribution in [3.8, 4) is 0 Å². The third-order valence-electron chi connectivity index (χ3n) is 1.71. The summed E-state index contributed by atoms with van der Waals surface area (Å²) in [5.74, 6) is 1.19. The van der Waals surface area contributed by atoms with Crippen LogP contribution in [0.3, 0.4) is 0 Å². The second-order valence-electron chi connectivity index (χ2n) is 3.01. The van der Waals surface area contributed by atoms with Crippen molar-refractivity contribution in [2.75, 3.05) is 12.3 Å². The average molecular weight is 328 g/mol. The summed E-state index contributed by atoms with van der Waals surface area (Å²) in [6.07, 6.45) is 5.09. The predicted molar refractivity (Wildman–Crippen MR) is 70.1 cm³/mol. The van der Waals surface area contributed by atoms with E-state index in [4.69, 9.17) is 12.2 Å². The van der Waals surface area contributed by atoms with Gasteiger partial charge in [0.2, 0.25) is 0 Å². The van der Waals surface area contributed by atoms with Gasteiger partial charge in [-0.25, -0.2) is 0 Å². The van der Waals surface area contributed by atoms with Gasteiger partial charge in [0.1, 0.15) is 0 Å². The second-order valence-corrected chi connectivity index (χ2v) is 6.52. The quantitative estimate of drug-likeness (QED) is 0.419. The van der Waals surface area contributed by atoms with E-state index in [0.717, 1.165) is 34.2 Å². The number of hydrogen-bond donors (Lipinski definition) is 0. The van der Waals surface area contributed by atoms with Gasteiger partial charge < -0.3 is 0 Å². The molecule has 0 amide bonds. The van der Waals surface area contributed by atoms with E-state index in [1.807, 2.05) is 11.8 Å². The molecule has 0 rings (SSSR count). The molecule has 0 heterocycles. The predicted octanol–water partition coefficient (Wildman–Crippen LogP) is 2.45. The molecule has 0 aromatic heterocycles. The number of unbranched alkanes of at least 4 members (excludes halogenated alkanes) is 2. The van der Waals surface area contributed by atoms with E-state index in [0.29, 0.717) is 0 Å². The third-order valence-corrected chi connectivity index (χ3v) is 5.81. The standard InChI is InChI=1S/C9H19NS2.Sb.2H/c1-3-5-7-10-9(11)12-8-6-4-2;;;/h3-8H2,1-2H3,(H,10,11);;;/q;+1;;/p-1. The summed E-state index contributed by atoms with van der Waals surface area (Å²) < 4.78 is 3.44. The first-order valence-corrected chi connectivity index (χ1v) is 7.78. The van der Waals surface area contributed by atoms with Gasteiger partial charge in [-0.3, -0.25) is 0 Å². The minimum atomic E-state index is 1.12. The van der Waals surface area contributed by atoms with Crippen molar-refractivity contribution in [3.05, 3.63) is 0 Å². The zero-order valence-electron chi connectivity index (χ0n) is 8.58. The summed E-state index contributed by atoms with van der Waals surface area (Å²) in [6, 6.07) is 0. The molecular weight excluding hydrogens is 308 g/mol. The van der Waals surface area contributed by atoms with Crippen molar-refractivity contribution in [1.82, 2.24) is 3.06 Å². The van der Waals surface area contributed by atoms with E-state index >= 15 is 0 Å². The van der Waals surface area contributed by atoms with E-state index in [2.05, 4.69) is 16.9 Å². The summed E-state index contributed by atoms with van der Waals surface area (Å²) in [5.41, 5.74) is 0. The van der Waals surface area contributed by atoms with Crippen LogP contribution in [0.2, 0.25) is 0 Å². The maximum atomic E-state index is 5.32. The van der Waals surface area contributed by atoms with E-state index in [1.165, 1.54) is 31.4 Å². The van der Waals surface area contributed by atoms with Gasteiger partial charge in [-0.05, 0) is 0 Å². The zero-order chi connectivity index (χ0) is 10.1. The van der Waals surface area contributed by atoms with Crippen LogP contribution < -0.4 is 0 Å². The topological polar surface area (TPSA) is 3.24 Å². The Bertz CT molecular complexity index is 142. The van der Waals surface area contributed by atoms with Gasteiger partial charge in [-0.1, -0.05) is 0 Å². The molecule has 13 heavy (non-hydrogen) atoms. The molecule has 4 heteroatoms. The average Bonchev–Trinajstić information content (AvgIpc) is 2.14. The van der Waals surface area contributed by atoms with Gasteiger partial charge >= 0.3 is 106 Å². The van der Waals surface area contributed by atoms with E-state index in [-0.39, 0.29) is 0 Å². The van der Waals surface area contributed by atoms with Crippen LogP contribution in [-0.2, 0) is 0 Å². The maximum absolute atomic E-state index is 5.32. The molecule has 0 saturated carbocycles. The summed E-state index contributed by atoms with van der Waals surface area (Å²) in [6.45, 7) is 5.61. The summed E-state index contributed by atoms with van der Waals surface area (Å²) in [7, 11) is 0. The van der Waals surface area contributed by atoms with Crippen LogP contribution in [0.25, 0.3) is 0 Å². The Hall–Kier alpha value is 1.06. The second kappa shape index (κ2) is 9.61. The molecule has 0 bridgehead atoms. The van der Waals surface area contributed by atoms with Crippen molar-refractivity contribution >= 4 is 51.6 Å². The van der Waals surface area contributed by atoms with Crippen LogP contribution in [-0.4, -0.2) is 43.0 Å². The fourth-order valence-corrected chi connectivity index (χ4v) is 3.17. The Balaban J connectivity index is 3.45. The first kappa shape index (κ1) is 14.1. The molecule has 0 aliphatic carbocycles. The molecule has 0 spiro atoms. The van der Waals surface area contributed by atoms with Crippen molar-refractivity contribution in [2.45, 2.75) is 39.5 Å². The minimum absolute atomic E-state index is 1.12. The summed E-state index contributed by atoms with van der Waals surface area (Å²) in [4.78, 5) is 0.